The third kappa shape index (κ3) is 5.50. The lowest BCUT2D eigenvalue weighted by atomic mass is 9.82. The Morgan fingerprint density at radius 2 is 1.83 bits per heavy atom. The van der Waals surface area contributed by atoms with Gasteiger partial charge in [0.05, 0.1) is 12.0 Å². The van der Waals surface area contributed by atoms with Gasteiger partial charge in [-0.05, 0) is 74.6 Å². The first-order chi connectivity index (χ1) is 17.3. The van der Waals surface area contributed by atoms with E-state index in [1.54, 1.807) is 19.2 Å². The molecular formula is C29H37N3O4. The minimum absolute atomic E-state index is 0.0176. The molecule has 1 aliphatic carbocycles. The van der Waals surface area contributed by atoms with Crippen LogP contribution in [-0.4, -0.2) is 35.5 Å². The van der Waals surface area contributed by atoms with E-state index in [-0.39, 0.29) is 18.5 Å². The Balaban J connectivity index is 1.56. The Morgan fingerprint density at radius 1 is 1.14 bits per heavy atom. The summed E-state index contributed by atoms with van der Waals surface area (Å²) < 4.78 is 6.37. The highest BCUT2D eigenvalue weighted by molar-refractivity contribution is 5.94. The Hall–Kier alpha value is -3.48. The van der Waals surface area contributed by atoms with Crippen molar-refractivity contribution in [1.29, 1.82) is 0 Å². The molecule has 0 spiro atoms. The molecular weight excluding hydrogens is 454 g/mol. The number of nitrogens with zero attached hydrogens (tertiary/aromatic N) is 1. The number of furan rings is 1. The van der Waals surface area contributed by atoms with E-state index in [1.807, 2.05) is 37.3 Å². The number of hydrogen-bond donors (Lipinski definition) is 3. The van der Waals surface area contributed by atoms with Gasteiger partial charge in [0, 0.05) is 41.5 Å². The van der Waals surface area contributed by atoms with Crippen molar-refractivity contribution < 1.29 is 19.1 Å². The fourth-order valence-electron chi connectivity index (χ4n) is 5.32. The molecule has 1 aliphatic rings. The van der Waals surface area contributed by atoms with Crippen LogP contribution >= 0.6 is 0 Å². The number of carbonyl (C=O) groups is 2. The van der Waals surface area contributed by atoms with Crippen molar-refractivity contribution in [3.05, 3.63) is 59.4 Å². The van der Waals surface area contributed by atoms with Crippen molar-refractivity contribution in [3.63, 3.8) is 0 Å². The second kappa shape index (κ2) is 11.1. The quantitative estimate of drug-likeness (QED) is 0.306. The number of nitrogens with two attached hydrogens (primary N) is 1. The molecule has 1 aromatic heterocycles. The summed E-state index contributed by atoms with van der Waals surface area (Å²) in [6, 6.07) is 13.2. The standard InChI is InChI=1S/C29H37N3O4/c1-4-19(29(34)35)17-32(3)28(33)21-10-13-23(14-11-21)31-26(20-8-6-5-7-9-20)27-18(2)24-16-22(30)12-15-25(24)36-27/h10-16,19-20,26,31H,4-9,17,30H2,1-3H3,(H,34,35). The van der Waals surface area contributed by atoms with Gasteiger partial charge in [0.2, 0.25) is 0 Å². The first-order valence-electron chi connectivity index (χ1n) is 12.9. The Bertz CT molecular complexity index is 1210. The molecule has 1 amide bonds. The molecule has 1 saturated carbocycles. The van der Waals surface area contributed by atoms with Gasteiger partial charge in [-0.1, -0.05) is 26.2 Å². The number of nitrogens with one attached hydrogen (secondary N) is 1. The Morgan fingerprint density at radius 3 is 2.47 bits per heavy atom. The summed E-state index contributed by atoms with van der Waals surface area (Å²) in [5, 5.41) is 14.1. The summed E-state index contributed by atoms with van der Waals surface area (Å²) in [7, 11) is 1.65. The number of aryl methyl sites for hydroxylation is 1. The van der Waals surface area contributed by atoms with Gasteiger partial charge in [0.1, 0.15) is 11.3 Å². The van der Waals surface area contributed by atoms with Crippen LogP contribution in [0.4, 0.5) is 11.4 Å². The Kier molecular flexibility index (Phi) is 7.87. The molecule has 4 N–H and O–H groups in total. The number of benzene rings is 2. The van der Waals surface area contributed by atoms with Crippen LogP contribution in [0.25, 0.3) is 11.0 Å². The summed E-state index contributed by atoms with van der Waals surface area (Å²) in [5.74, 6) is -0.241. The zero-order chi connectivity index (χ0) is 25.8. The molecule has 0 radical (unpaired) electrons. The minimum atomic E-state index is -0.881. The first-order valence-corrected chi connectivity index (χ1v) is 12.9. The molecule has 1 fully saturated rings. The maximum absolute atomic E-state index is 12.9. The number of nitrogen functional groups attached to an aromatic ring is 1. The minimum Gasteiger partial charge on any atom is -0.481 e. The number of carbonyl (C=O) groups excluding carboxylic acids is 1. The van der Waals surface area contributed by atoms with Crippen molar-refractivity contribution in [2.24, 2.45) is 11.8 Å². The second-order valence-electron chi connectivity index (χ2n) is 10.1. The summed E-state index contributed by atoms with van der Waals surface area (Å²) in [6.45, 7) is 4.10. The molecule has 7 nitrogen and oxygen atoms in total. The molecule has 3 aromatic rings. The normalized spacial score (nSPS) is 16.0. The fourth-order valence-corrected chi connectivity index (χ4v) is 5.32. The smallest absolute Gasteiger partial charge is 0.308 e. The molecule has 2 aromatic carbocycles. The average Bonchev–Trinajstić information content (AvgIpc) is 3.21. The van der Waals surface area contributed by atoms with Gasteiger partial charge in [-0.3, -0.25) is 9.59 Å². The lowest BCUT2D eigenvalue weighted by molar-refractivity contribution is -0.142. The first kappa shape index (κ1) is 25.6. The highest BCUT2D eigenvalue weighted by atomic mass is 16.4. The predicted molar refractivity (Wildman–Crippen MR) is 143 cm³/mol. The third-order valence-corrected chi connectivity index (χ3v) is 7.54. The molecule has 4 rings (SSSR count). The van der Waals surface area contributed by atoms with E-state index in [2.05, 4.69) is 12.2 Å². The number of fused-ring (bicyclic) bond motifs is 1. The van der Waals surface area contributed by atoms with Gasteiger partial charge in [-0.15, -0.1) is 0 Å². The van der Waals surface area contributed by atoms with Gasteiger partial charge >= 0.3 is 5.97 Å². The number of amides is 1. The summed E-state index contributed by atoms with van der Waals surface area (Å²) >= 11 is 0. The molecule has 0 aliphatic heterocycles. The molecule has 192 valence electrons. The lowest BCUT2D eigenvalue weighted by Crippen LogP contribution is -2.34. The van der Waals surface area contributed by atoms with E-state index in [9.17, 15) is 14.7 Å². The maximum Gasteiger partial charge on any atom is 0.308 e. The van der Waals surface area contributed by atoms with E-state index in [0.29, 0.717) is 17.9 Å². The van der Waals surface area contributed by atoms with Crippen LogP contribution < -0.4 is 11.1 Å². The van der Waals surface area contributed by atoms with Crippen LogP contribution in [0.15, 0.2) is 46.9 Å². The van der Waals surface area contributed by atoms with E-state index in [0.717, 1.165) is 46.5 Å². The number of hydrogen-bond acceptors (Lipinski definition) is 5. The average molecular weight is 492 g/mol. The Labute approximate surface area is 212 Å². The zero-order valence-electron chi connectivity index (χ0n) is 21.4. The number of carboxylic acid groups (broad SMARTS) is 1. The van der Waals surface area contributed by atoms with Gasteiger partial charge < -0.3 is 25.5 Å². The maximum atomic E-state index is 12.9. The SMILES string of the molecule is CCC(CN(C)C(=O)c1ccc(NC(c2oc3ccc(N)cc3c2C)C2CCCCC2)cc1)C(=O)O. The molecule has 36 heavy (non-hydrogen) atoms. The van der Waals surface area contributed by atoms with Crippen LogP contribution in [0.1, 0.15) is 73.2 Å². The van der Waals surface area contributed by atoms with Crippen LogP contribution in [0.5, 0.6) is 0 Å². The predicted octanol–water partition coefficient (Wildman–Crippen LogP) is 6.24. The number of aliphatic carboxylic acids is 1. The highest BCUT2D eigenvalue weighted by Gasteiger charge is 2.30. The zero-order valence-corrected chi connectivity index (χ0v) is 21.4. The molecule has 2 atom stereocenters. The molecule has 0 bridgehead atoms. The second-order valence-corrected chi connectivity index (χ2v) is 10.1. The number of rotatable bonds is 9. The van der Waals surface area contributed by atoms with Gasteiger partial charge in [-0.2, -0.15) is 0 Å². The van der Waals surface area contributed by atoms with Crippen molar-refractivity contribution >= 4 is 34.2 Å². The van der Waals surface area contributed by atoms with E-state index in [4.69, 9.17) is 10.2 Å². The van der Waals surface area contributed by atoms with Crippen LogP contribution in [0, 0.1) is 18.8 Å². The largest absolute Gasteiger partial charge is 0.481 e. The topological polar surface area (TPSA) is 109 Å². The van der Waals surface area contributed by atoms with Crippen molar-refractivity contribution in [1.82, 2.24) is 4.90 Å². The van der Waals surface area contributed by atoms with Gasteiger partial charge in [-0.25, -0.2) is 0 Å². The number of carboxylic acids is 1. The molecule has 7 heteroatoms. The van der Waals surface area contributed by atoms with Crippen LogP contribution in [-0.2, 0) is 4.79 Å². The number of anilines is 2. The van der Waals surface area contributed by atoms with Crippen molar-refractivity contribution in [2.45, 2.75) is 58.4 Å². The lowest BCUT2D eigenvalue weighted by Gasteiger charge is -2.31. The van der Waals surface area contributed by atoms with E-state index in [1.165, 1.54) is 24.2 Å². The monoisotopic (exact) mass is 491 g/mol. The van der Waals surface area contributed by atoms with E-state index < -0.39 is 11.9 Å². The summed E-state index contributed by atoms with van der Waals surface area (Å²) in [6.07, 6.45) is 6.45. The van der Waals surface area contributed by atoms with Crippen molar-refractivity contribution in [3.8, 4) is 0 Å². The van der Waals surface area contributed by atoms with E-state index >= 15 is 0 Å². The van der Waals surface area contributed by atoms with Gasteiger partial charge in [0.15, 0.2) is 0 Å². The fraction of sp³-hybridized carbons (Fsp3) is 0.448. The van der Waals surface area contributed by atoms with Gasteiger partial charge in [0.25, 0.3) is 5.91 Å². The highest BCUT2D eigenvalue weighted by Crippen LogP contribution is 2.41. The molecule has 0 saturated heterocycles. The van der Waals surface area contributed by atoms with Crippen LogP contribution in [0.3, 0.4) is 0 Å². The molecule has 2 unspecified atom stereocenters. The summed E-state index contributed by atoms with van der Waals surface area (Å²) in [4.78, 5) is 25.7. The third-order valence-electron chi connectivity index (χ3n) is 7.54. The van der Waals surface area contributed by atoms with Crippen molar-refractivity contribution in [2.75, 3.05) is 24.6 Å². The molecule has 1 heterocycles. The van der Waals surface area contributed by atoms with Crippen LogP contribution in [0.2, 0.25) is 0 Å². The summed E-state index contributed by atoms with van der Waals surface area (Å²) in [5.41, 5.74) is 10.2.